The lowest BCUT2D eigenvalue weighted by atomic mass is 10.0. The zero-order chi connectivity index (χ0) is 15.2. The Morgan fingerprint density at radius 2 is 2.00 bits per heavy atom. The second kappa shape index (κ2) is 8.35. The first-order valence-corrected chi connectivity index (χ1v) is 8.33. The average Bonchev–Trinajstić information content (AvgIpc) is 2.50. The molecule has 5 heteroatoms. The van der Waals surface area contributed by atoms with Gasteiger partial charge < -0.3 is 10.0 Å². The van der Waals surface area contributed by atoms with E-state index >= 15 is 0 Å². The number of piperidine rings is 1. The lowest BCUT2D eigenvalue weighted by molar-refractivity contribution is 0.117. The Kier molecular flexibility index (Phi) is 6.77. The number of aliphatic hydroxyl groups is 1. The maximum atomic E-state index is 8.91. The van der Waals surface area contributed by atoms with Gasteiger partial charge in [0.05, 0.1) is 10.0 Å². The standard InChI is InChI=1S/C16H24Cl2N2O/c1-19(8-3-11-21)14-6-9-20(10-7-14)12-13-4-2-5-15(17)16(13)18/h2,4-5,14,21H,3,6-12H2,1H3. The molecular weight excluding hydrogens is 307 g/mol. The van der Waals surface area contributed by atoms with Crippen molar-refractivity contribution in [2.24, 2.45) is 0 Å². The first-order valence-electron chi connectivity index (χ1n) is 7.58. The lowest BCUT2D eigenvalue weighted by Crippen LogP contribution is -2.43. The van der Waals surface area contributed by atoms with Gasteiger partial charge in [-0.3, -0.25) is 4.90 Å². The van der Waals surface area contributed by atoms with Crippen LogP contribution in [0.4, 0.5) is 0 Å². The number of hydrogen-bond donors (Lipinski definition) is 1. The van der Waals surface area contributed by atoms with Crippen LogP contribution in [0.1, 0.15) is 24.8 Å². The molecule has 1 fully saturated rings. The molecule has 0 unspecified atom stereocenters. The SMILES string of the molecule is CN(CCCO)C1CCN(Cc2cccc(Cl)c2Cl)CC1. The number of rotatable bonds is 6. The van der Waals surface area contributed by atoms with Crippen LogP contribution in [0.25, 0.3) is 0 Å². The van der Waals surface area contributed by atoms with Crippen LogP contribution in [-0.2, 0) is 6.54 Å². The van der Waals surface area contributed by atoms with Gasteiger partial charge in [0, 0.05) is 25.7 Å². The molecule has 0 spiro atoms. The molecule has 1 aromatic carbocycles. The minimum atomic E-state index is 0.274. The summed E-state index contributed by atoms with van der Waals surface area (Å²) >= 11 is 12.3. The Morgan fingerprint density at radius 1 is 1.29 bits per heavy atom. The van der Waals surface area contributed by atoms with E-state index in [4.69, 9.17) is 28.3 Å². The molecule has 0 amide bonds. The van der Waals surface area contributed by atoms with Gasteiger partial charge >= 0.3 is 0 Å². The molecule has 3 nitrogen and oxygen atoms in total. The van der Waals surface area contributed by atoms with Gasteiger partial charge in [0.25, 0.3) is 0 Å². The van der Waals surface area contributed by atoms with Crippen molar-refractivity contribution in [2.45, 2.75) is 31.8 Å². The molecular formula is C16H24Cl2N2O. The van der Waals surface area contributed by atoms with Gasteiger partial charge in [-0.1, -0.05) is 35.3 Å². The van der Waals surface area contributed by atoms with Crippen molar-refractivity contribution in [3.8, 4) is 0 Å². The maximum absolute atomic E-state index is 8.91. The predicted molar refractivity (Wildman–Crippen MR) is 89.1 cm³/mol. The molecule has 1 aromatic rings. The zero-order valence-electron chi connectivity index (χ0n) is 12.6. The molecule has 118 valence electrons. The van der Waals surface area contributed by atoms with Crippen LogP contribution in [0.5, 0.6) is 0 Å². The summed E-state index contributed by atoms with van der Waals surface area (Å²) in [6.07, 6.45) is 3.19. The minimum Gasteiger partial charge on any atom is -0.396 e. The van der Waals surface area contributed by atoms with Gasteiger partial charge in [0.15, 0.2) is 0 Å². The van der Waals surface area contributed by atoms with Gasteiger partial charge in [0.2, 0.25) is 0 Å². The van der Waals surface area contributed by atoms with Crippen LogP contribution in [0, 0.1) is 0 Å². The Bertz CT molecular complexity index is 448. The Hall–Kier alpha value is -0.320. The van der Waals surface area contributed by atoms with Gasteiger partial charge in [-0.25, -0.2) is 0 Å². The maximum Gasteiger partial charge on any atom is 0.0637 e. The van der Waals surface area contributed by atoms with Crippen molar-refractivity contribution in [2.75, 3.05) is 33.3 Å². The normalized spacial score (nSPS) is 17.6. The van der Waals surface area contributed by atoms with Crippen molar-refractivity contribution >= 4 is 23.2 Å². The van der Waals surface area contributed by atoms with Crippen LogP contribution >= 0.6 is 23.2 Å². The highest BCUT2D eigenvalue weighted by Gasteiger charge is 2.22. The van der Waals surface area contributed by atoms with Gasteiger partial charge in [-0.2, -0.15) is 0 Å². The quantitative estimate of drug-likeness (QED) is 0.867. The summed E-state index contributed by atoms with van der Waals surface area (Å²) < 4.78 is 0. The minimum absolute atomic E-state index is 0.274. The summed E-state index contributed by atoms with van der Waals surface area (Å²) in [4.78, 5) is 4.81. The Balaban J connectivity index is 1.83. The van der Waals surface area contributed by atoms with Gasteiger partial charge in [-0.15, -0.1) is 0 Å². The molecule has 1 heterocycles. The molecule has 0 bridgehead atoms. The fourth-order valence-corrected chi connectivity index (χ4v) is 3.31. The highest BCUT2D eigenvalue weighted by molar-refractivity contribution is 6.42. The van der Waals surface area contributed by atoms with Crippen LogP contribution in [0.15, 0.2) is 18.2 Å². The van der Waals surface area contributed by atoms with E-state index in [1.54, 1.807) is 0 Å². The third-order valence-electron chi connectivity index (χ3n) is 4.27. The summed E-state index contributed by atoms with van der Waals surface area (Å²) in [6.45, 7) is 4.28. The van der Waals surface area contributed by atoms with Crippen molar-refractivity contribution in [3.63, 3.8) is 0 Å². The van der Waals surface area contributed by atoms with Crippen LogP contribution < -0.4 is 0 Å². The molecule has 2 rings (SSSR count). The van der Waals surface area contributed by atoms with Crippen LogP contribution in [0.3, 0.4) is 0 Å². The molecule has 1 aliphatic rings. The predicted octanol–water partition coefficient (Wildman–Crippen LogP) is 3.27. The molecule has 0 saturated carbocycles. The highest BCUT2D eigenvalue weighted by atomic mass is 35.5. The van der Waals surface area contributed by atoms with Gasteiger partial charge in [0.1, 0.15) is 0 Å². The molecule has 1 aliphatic heterocycles. The fraction of sp³-hybridized carbons (Fsp3) is 0.625. The summed E-state index contributed by atoms with van der Waals surface area (Å²) in [6, 6.07) is 6.46. The molecule has 1 N–H and O–H groups in total. The zero-order valence-corrected chi connectivity index (χ0v) is 14.1. The van der Waals surface area contributed by atoms with E-state index in [-0.39, 0.29) is 6.61 Å². The Morgan fingerprint density at radius 3 is 2.67 bits per heavy atom. The molecule has 1 saturated heterocycles. The third kappa shape index (κ3) is 4.83. The molecule has 21 heavy (non-hydrogen) atoms. The number of likely N-dealkylation sites (tertiary alicyclic amines) is 1. The number of benzene rings is 1. The van der Waals surface area contributed by atoms with Crippen molar-refractivity contribution in [1.29, 1.82) is 0 Å². The topological polar surface area (TPSA) is 26.7 Å². The lowest BCUT2D eigenvalue weighted by Gasteiger charge is -2.36. The third-order valence-corrected chi connectivity index (χ3v) is 5.13. The highest BCUT2D eigenvalue weighted by Crippen LogP contribution is 2.27. The number of hydrogen-bond acceptors (Lipinski definition) is 3. The second-order valence-corrected chi connectivity index (χ2v) is 6.56. The fourth-order valence-electron chi connectivity index (χ4n) is 2.93. The first kappa shape index (κ1) is 17.0. The number of aliphatic hydroxyl groups excluding tert-OH is 1. The van der Waals surface area contributed by atoms with E-state index in [0.717, 1.165) is 38.2 Å². The van der Waals surface area contributed by atoms with E-state index in [1.165, 1.54) is 12.8 Å². The van der Waals surface area contributed by atoms with Gasteiger partial charge in [-0.05, 0) is 51.0 Å². The molecule has 0 aromatic heterocycles. The van der Waals surface area contributed by atoms with E-state index in [2.05, 4.69) is 16.8 Å². The first-order chi connectivity index (χ1) is 10.1. The van der Waals surface area contributed by atoms with Crippen molar-refractivity contribution < 1.29 is 5.11 Å². The monoisotopic (exact) mass is 330 g/mol. The summed E-state index contributed by atoms with van der Waals surface area (Å²) in [7, 11) is 2.16. The second-order valence-electron chi connectivity index (χ2n) is 5.78. The van der Waals surface area contributed by atoms with Crippen LogP contribution in [0.2, 0.25) is 10.0 Å². The van der Waals surface area contributed by atoms with E-state index < -0.39 is 0 Å². The average molecular weight is 331 g/mol. The molecule has 0 atom stereocenters. The summed E-state index contributed by atoms with van der Waals surface area (Å²) in [5.74, 6) is 0. The Labute approximate surface area is 137 Å². The molecule has 0 aliphatic carbocycles. The largest absolute Gasteiger partial charge is 0.396 e. The summed E-state index contributed by atoms with van der Waals surface area (Å²) in [5, 5.41) is 10.2. The van der Waals surface area contributed by atoms with Crippen LogP contribution in [-0.4, -0.2) is 54.2 Å². The van der Waals surface area contributed by atoms with E-state index in [0.29, 0.717) is 16.1 Å². The van der Waals surface area contributed by atoms with Crippen molar-refractivity contribution in [3.05, 3.63) is 33.8 Å². The van der Waals surface area contributed by atoms with E-state index in [1.807, 2.05) is 18.2 Å². The number of halogens is 2. The van der Waals surface area contributed by atoms with Crippen molar-refractivity contribution in [1.82, 2.24) is 9.80 Å². The number of nitrogens with zero attached hydrogens (tertiary/aromatic N) is 2. The molecule has 0 radical (unpaired) electrons. The van der Waals surface area contributed by atoms with E-state index in [9.17, 15) is 0 Å². The smallest absolute Gasteiger partial charge is 0.0637 e. The summed E-state index contributed by atoms with van der Waals surface area (Å²) in [5.41, 5.74) is 1.11.